The van der Waals surface area contributed by atoms with Crippen LogP contribution in [-0.2, 0) is 13.0 Å². The van der Waals surface area contributed by atoms with E-state index in [1.807, 2.05) is 6.08 Å². The van der Waals surface area contributed by atoms with E-state index < -0.39 is 0 Å². The summed E-state index contributed by atoms with van der Waals surface area (Å²) in [5.41, 5.74) is 5.42. The van der Waals surface area contributed by atoms with Gasteiger partial charge in [0.05, 0.1) is 42.3 Å². The van der Waals surface area contributed by atoms with Crippen molar-refractivity contribution in [2.45, 2.75) is 25.4 Å². The lowest BCUT2D eigenvalue weighted by atomic mass is 9.95. The molecule has 2 heteroatoms. The van der Waals surface area contributed by atoms with E-state index in [4.69, 9.17) is 0 Å². The summed E-state index contributed by atoms with van der Waals surface area (Å²) in [4.78, 5) is 0. The van der Waals surface area contributed by atoms with E-state index in [-0.39, 0.29) is 0 Å². The zero-order chi connectivity index (χ0) is 19.4. The van der Waals surface area contributed by atoms with Gasteiger partial charge in [0.25, 0.3) is 0 Å². The first kappa shape index (κ1) is 20.4. The minimum atomic E-state index is 0.493. The van der Waals surface area contributed by atoms with Gasteiger partial charge in [0.15, 0.2) is 0 Å². The average molecular weight is 353 g/mol. The highest BCUT2D eigenvalue weighted by Crippen LogP contribution is 2.29. The van der Waals surface area contributed by atoms with Crippen LogP contribution in [0.5, 0.6) is 0 Å². The smallest absolute Gasteiger partial charge is 0.114 e. The van der Waals surface area contributed by atoms with Crippen molar-refractivity contribution < 1.29 is 8.97 Å². The maximum Gasteiger partial charge on any atom is 0.114 e. The Morgan fingerprint density at radius 2 is 1.35 bits per heavy atom. The standard InChI is InChI=1S/C24H36N2/c1-8-20-9-11-21(12-10-20)15-18-24(26(5,6)7)23-16-13-22(14-17-23)19-25(2,3)4/h8-14,16-17,24H,1,15,18-19H2,2-7H3/q+2. The predicted molar refractivity (Wildman–Crippen MR) is 114 cm³/mol. The number of hydrogen-bond donors (Lipinski definition) is 0. The molecule has 0 radical (unpaired) electrons. The lowest BCUT2D eigenvalue weighted by Crippen LogP contribution is -2.39. The van der Waals surface area contributed by atoms with Crippen LogP contribution in [0.15, 0.2) is 55.1 Å². The molecule has 2 aromatic carbocycles. The molecule has 0 aliphatic carbocycles. The molecule has 0 saturated carbocycles. The van der Waals surface area contributed by atoms with Crippen molar-refractivity contribution in [2.75, 3.05) is 42.3 Å². The molecule has 26 heavy (non-hydrogen) atoms. The Balaban J connectivity index is 2.12. The summed E-state index contributed by atoms with van der Waals surface area (Å²) in [6.45, 7) is 4.89. The van der Waals surface area contributed by atoms with E-state index in [0.29, 0.717) is 6.04 Å². The highest BCUT2D eigenvalue weighted by molar-refractivity contribution is 5.47. The Kier molecular flexibility index (Phi) is 6.44. The number of aryl methyl sites for hydroxylation is 1. The van der Waals surface area contributed by atoms with Gasteiger partial charge in [0.1, 0.15) is 12.6 Å². The zero-order valence-corrected chi connectivity index (χ0v) is 17.5. The fourth-order valence-electron chi connectivity index (χ4n) is 3.52. The van der Waals surface area contributed by atoms with Crippen LogP contribution in [0.2, 0.25) is 0 Å². The molecule has 2 nitrogen and oxygen atoms in total. The summed E-state index contributed by atoms with van der Waals surface area (Å²) in [5.74, 6) is 0. The molecule has 0 aromatic heterocycles. The SMILES string of the molecule is C=Cc1ccc(CCC(c2ccc(C[N+](C)(C)C)cc2)[N+](C)(C)C)cc1. The van der Waals surface area contributed by atoms with E-state index in [0.717, 1.165) is 28.4 Å². The van der Waals surface area contributed by atoms with Crippen LogP contribution in [0.1, 0.15) is 34.7 Å². The van der Waals surface area contributed by atoms with Crippen molar-refractivity contribution in [3.63, 3.8) is 0 Å². The van der Waals surface area contributed by atoms with Gasteiger partial charge in [-0.3, -0.25) is 0 Å². The number of quaternary nitrogens is 2. The Hall–Kier alpha value is -1.90. The van der Waals surface area contributed by atoms with E-state index in [1.165, 1.54) is 22.3 Å². The third-order valence-electron chi connectivity index (χ3n) is 4.88. The fourth-order valence-corrected chi connectivity index (χ4v) is 3.52. The Labute approximate surface area is 160 Å². The highest BCUT2D eigenvalue weighted by Gasteiger charge is 2.25. The van der Waals surface area contributed by atoms with Gasteiger partial charge in [-0.25, -0.2) is 0 Å². The van der Waals surface area contributed by atoms with Gasteiger partial charge in [-0.05, 0) is 17.5 Å². The second-order valence-electron chi connectivity index (χ2n) is 9.31. The minimum absolute atomic E-state index is 0.493. The first-order chi connectivity index (χ1) is 12.1. The second-order valence-corrected chi connectivity index (χ2v) is 9.31. The zero-order valence-electron chi connectivity index (χ0n) is 17.5. The summed E-state index contributed by atoms with van der Waals surface area (Å²) in [6.07, 6.45) is 4.14. The van der Waals surface area contributed by atoms with E-state index in [2.05, 4.69) is 97.4 Å². The molecule has 0 N–H and O–H groups in total. The van der Waals surface area contributed by atoms with E-state index >= 15 is 0 Å². The normalized spacial score (nSPS) is 13.5. The van der Waals surface area contributed by atoms with Gasteiger partial charge in [-0.1, -0.05) is 61.2 Å². The molecule has 0 heterocycles. The van der Waals surface area contributed by atoms with Crippen molar-refractivity contribution in [2.24, 2.45) is 0 Å². The number of rotatable bonds is 8. The van der Waals surface area contributed by atoms with Crippen LogP contribution in [0.3, 0.4) is 0 Å². The van der Waals surface area contributed by atoms with Crippen molar-refractivity contribution in [1.82, 2.24) is 0 Å². The first-order valence-corrected chi connectivity index (χ1v) is 9.50. The third kappa shape index (κ3) is 6.12. The van der Waals surface area contributed by atoms with Crippen LogP contribution >= 0.6 is 0 Å². The molecule has 0 amide bonds. The summed E-state index contributed by atoms with van der Waals surface area (Å²) >= 11 is 0. The Morgan fingerprint density at radius 1 is 0.808 bits per heavy atom. The number of hydrogen-bond acceptors (Lipinski definition) is 0. The molecule has 1 unspecified atom stereocenters. The molecule has 0 aliphatic heterocycles. The lowest BCUT2D eigenvalue weighted by molar-refractivity contribution is -0.902. The molecule has 1 atom stereocenters. The number of benzene rings is 2. The van der Waals surface area contributed by atoms with Crippen molar-refractivity contribution in [1.29, 1.82) is 0 Å². The monoisotopic (exact) mass is 352 g/mol. The lowest BCUT2D eigenvalue weighted by Gasteiger charge is -2.35. The molecule has 0 spiro atoms. The molecule has 0 bridgehead atoms. The fraction of sp³-hybridized carbons (Fsp3) is 0.417. The van der Waals surface area contributed by atoms with Crippen LogP contribution in [0.4, 0.5) is 0 Å². The minimum Gasteiger partial charge on any atom is -0.327 e. The summed E-state index contributed by atoms with van der Waals surface area (Å²) < 4.78 is 1.90. The van der Waals surface area contributed by atoms with Gasteiger partial charge >= 0.3 is 0 Å². The molecule has 0 aliphatic rings. The summed E-state index contributed by atoms with van der Waals surface area (Å²) in [6, 6.07) is 18.5. The Bertz CT molecular complexity index is 698. The van der Waals surface area contributed by atoms with Crippen LogP contribution in [-0.4, -0.2) is 51.3 Å². The van der Waals surface area contributed by atoms with Crippen LogP contribution in [0, 0.1) is 0 Å². The van der Waals surface area contributed by atoms with E-state index in [1.54, 1.807) is 0 Å². The molecule has 2 aromatic rings. The molecule has 2 rings (SSSR count). The van der Waals surface area contributed by atoms with Gasteiger partial charge in [0.2, 0.25) is 0 Å². The topological polar surface area (TPSA) is 0 Å². The van der Waals surface area contributed by atoms with Gasteiger partial charge in [0, 0.05) is 17.5 Å². The van der Waals surface area contributed by atoms with Gasteiger partial charge in [-0.2, -0.15) is 0 Å². The number of nitrogens with zero attached hydrogens (tertiary/aromatic N) is 2. The van der Waals surface area contributed by atoms with Crippen LogP contribution in [0.25, 0.3) is 6.08 Å². The van der Waals surface area contributed by atoms with E-state index in [9.17, 15) is 0 Å². The van der Waals surface area contributed by atoms with Gasteiger partial charge in [-0.15, -0.1) is 0 Å². The second kappa shape index (κ2) is 8.20. The quantitative estimate of drug-likeness (QED) is 0.592. The van der Waals surface area contributed by atoms with Crippen molar-refractivity contribution in [3.05, 3.63) is 77.4 Å². The summed E-state index contributed by atoms with van der Waals surface area (Å²) in [7, 11) is 13.6. The van der Waals surface area contributed by atoms with Crippen LogP contribution < -0.4 is 0 Å². The first-order valence-electron chi connectivity index (χ1n) is 9.50. The molecular weight excluding hydrogens is 316 g/mol. The molecule has 0 fully saturated rings. The molecule has 0 saturated heterocycles. The molecule has 140 valence electrons. The molecular formula is C24H36N2+2. The largest absolute Gasteiger partial charge is 0.327 e. The maximum absolute atomic E-state index is 3.83. The van der Waals surface area contributed by atoms with Crippen molar-refractivity contribution in [3.8, 4) is 0 Å². The highest BCUT2D eigenvalue weighted by atomic mass is 15.3. The Morgan fingerprint density at radius 3 is 1.81 bits per heavy atom. The van der Waals surface area contributed by atoms with Gasteiger partial charge < -0.3 is 8.97 Å². The predicted octanol–water partition coefficient (Wildman–Crippen LogP) is 4.92. The van der Waals surface area contributed by atoms with Crippen molar-refractivity contribution >= 4 is 6.08 Å². The summed E-state index contributed by atoms with van der Waals surface area (Å²) in [5, 5.41) is 0. The third-order valence-corrected chi connectivity index (χ3v) is 4.88. The average Bonchev–Trinajstić information content (AvgIpc) is 2.54. The maximum atomic E-state index is 3.83.